The van der Waals surface area contributed by atoms with Crippen LogP contribution in [0.25, 0.3) is 0 Å². The van der Waals surface area contributed by atoms with E-state index in [1.807, 2.05) is 18.2 Å². The summed E-state index contributed by atoms with van der Waals surface area (Å²) in [6, 6.07) is 7.87. The number of carbonyl (C=O) groups is 1. The van der Waals surface area contributed by atoms with Gasteiger partial charge in [0.05, 0.1) is 5.75 Å². The zero-order valence-electron chi connectivity index (χ0n) is 13.4. The van der Waals surface area contributed by atoms with Crippen molar-refractivity contribution in [3.8, 4) is 0 Å². The molecule has 1 aliphatic heterocycles. The Balaban J connectivity index is 1.72. The molecule has 0 unspecified atom stereocenters. The minimum Gasteiger partial charge on any atom is -0.340 e. The number of hydrogen-bond acceptors (Lipinski definition) is 4. The van der Waals surface area contributed by atoms with Gasteiger partial charge in [0.2, 0.25) is 5.91 Å². The van der Waals surface area contributed by atoms with Gasteiger partial charge in [0.15, 0.2) is 0 Å². The van der Waals surface area contributed by atoms with Crippen LogP contribution in [0.15, 0.2) is 24.3 Å². The number of carbonyl (C=O) groups excluding carboxylic acids is 1. The van der Waals surface area contributed by atoms with Crippen LogP contribution < -0.4 is 0 Å². The van der Waals surface area contributed by atoms with Crippen LogP contribution in [-0.2, 0) is 21.1 Å². The lowest BCUT2D eigenvalue weighted by atomic mass is 10.1. The molecule has 0 saturated carbocycles. The zero-order chi connectivity index (χ0) is 16.9. The molecular weight excluding hydrogens is 336 g/mol. The van der Waals surface area contributed by atoms with Gasteiger partial charge >= 0.3 is 0 Å². The summed E-state index contributed by atoms with van der Waals surface area (Å²) in [6.07, 6.45) is 2.18. The number of halogens is 1. The Labute approximate surface area is 143 Å². The Morgan fingerprint density at radius 3 is 2.52 bits per heavy atom. The van der Waals surface area contributed by atoms with E-state index in [0.29, 0.717) is 13.1 Å². The minimum absolute atomic E-state index is 0.0649. The van der Waals surface area contributed by atoms with Crippen molar-refractivity contribution in [2.45, 2.75) is 12.8 Å². The van der Waals surface area contributed by atoms with Gasteiger partial charge in [0.25, 0.3) is 0 Å². The number of piperazine rings is 1. The summed E-state index contributed by atoms with van der Waals surface area (Å²) in [5.74, 6) is -0.134. The van der Waals surface area contributed by atoms with Gasteiger partial charge in [-0.05, 0) is 24.1 Å². The van der Waals surface area contributed by atoms with Gasteiger partial charge < -0.3 is 4.90 Å². The summed E-state index contributed by atoms with van der Waals surface area (Å²) in [4.78, 5) is 16.1. The van der Waals surface area contributed by atoms with Crippen molar-refractivity contribution in [1.82, 2.24) is 9.80 Å². The van der Waals surface area contributed by atoms with E-state index in [9.17, 15) is 13.2 Å². The number of benzene rings is 1. The Bertz CT molecular complexity index is 640. The number of nitrogens with zero attached hydrogens (tertiary/aromatic N) is 2. The van der Waals surface area contributed by atoms with Gasteiger partial charge in [0.1, 0.15) is 9.84 Å². The number of amides is 1. The van der Waals surface area contributed by atoms with E-state index >= 15 is 0 Å². The smallest absolute Gasteiger partial charge is 0.223 e. The fraction of sp³-hybridized carbons (Fsp3) is 0.562. The van der Waals surface area contributed by atoms with E-state index in [1.165, 1.54) is 5.56 Å². The number of rotatable bonds is 6. The molecule has 5 nitrogen and oxygen atoms in total. The molecule has 1 saturated heterocycles. The maximum absolute atomic E-state index is 12.0. The molecule has 7 heteroatoms. The first-order valence-corrected chi connectivity index (χ1v) is 10.2. The van der Waals surface area contributed by atoms with E-state index < -0.39 is 9.84 Å². The van der Waals surface area contributed by atoms with Gasteiger partial charge in [-0.15, -0.1) is 0 Å². The third-order valence-corrected chi connectivity index (χ3v) is 5.20. The highest BCUT2D eigenvalue weighted by molar-refractivity contribution is 7.90. The van der Waals surface area contributed by atoms with Crippen LogP contribution in [0.1, 0.15) is 12.0 Å². The molecule has 1 fully saturated rings. The van der Waals surface area contributed by atoms with E-state index in [4.69, 9.17) is 11.6 Å². The molecule has 23 heavy (non-hydrogen) atoms. The van der Waals surface area contributed by atoms with Crippen LogP contribution in [-0.4, -0.2) is 68.9 Å². The molecule has 1 amide bonds. The van der Waals surface area contributed by atoms with Gasteiger partial charge in [-0.3, -0.25) is 9.69 Å². The summed E-state index contributed by atoms with van der Waals surface area (Å²) in [6.45, 7) is 3.92. The largest absolute Gasteiger partial charge is 0.340 e. The molecule has 0 spiro atoms. The summed E-state index contributed by atoms with van der Waals surface area (Å²) in [7, 11) is -3.08. The number of sulfone groups is 1. The monoisotopic (exact) mass is 358 g/mol. The maximum atomic E-state index is 12.0. The van der Waals surface area contributed by atoms with Crippen molar-refractivity contribution in [2.24, 2.45) is 0 Å². The second-order valence-electron chi connectivity index (χ2n) is 5.98. The Morgan fingerprint density at radius 1 is 1.22 bits per heavy atom. The van der Waals surface area contributed by atoms with Crippen molar-refractivity contribution in [3.05, 3.63) is 34.9 Å². The van der Waals surface area contributed by atoms with E-state index in [1.54, 1.807) is 4.90 Å². The first kappa shape index (κ1) is 18.2. The topological polar surface area (TPSA) is 57.7 Å². The highest BCUT2D eigenvalue weighted by atomic mass is 35.5. The standard InChI is InChI=1S/C16H23ClN2O3S/c1-23(21,22)12-6-16(20)19-10-8-18(9-11-19)7-5-14-3-2-4-15(17)13-14/h2-4,13H,5-12H2,1H3. The van der Waals surface area contributed by atoms with Gasteiger partial charge in [-0.25, -0.2) is 8.42 Å². The molecule has 1 aromatic carbocycles. The Kier molecular flexibility index (Phi) is 6.44. The summed E-state index contributed by atoms with van der Waals surface area (Å²) >= 11 is 5.98. The normalized spacial score (nSPS) is 16.5. The van der Waals surface area contributed by atoms with Crippen LogP contribution in [0, 0.1) is 0 Å². The Morgan fingerprint density at radius 2 is 1.91 bits per heavy atom. The molecule has 0 atom stereocenters. The van der Waals surface area contributed by atoms with Crippen LogP contribution in [0.4, 0.5) is 0 Å². The van der Waals surface area contributed by atoms with Crippen LogP contribution in [0.2, 0.25) is 5.02 Å². The summed E-state index contributed by atoms with van der Waals surface area (Å²) in [5, 5.41) is 0.754. The van der Waals surface area contributed by atoms with E-state index in [0.717, 1.165) is 37.3 Å². The molecule has 2 rings (SSSR count). The van der Waals surface area contributed by atoms with Crippen LogP contribution >= 0.6 is 11.6 Å². The molecule has 1 aromatic rings. The first-order chi connectivity index (χ1) is 10.8. The summed E-state index contributed by atoms with van der Waals surface area (Å²) in [5.41, 5.74) is 1.21. The maximum Gasteiger partial charge on any atom is 0.223 e. The third-order valence-electron chi connectivity index (χ3n) is 4.02. The molecule has 1 aliphatic rings. The number of hydrogen-bond donors (Lipinski definition) is 0. The predicted molar refractivity (Wildman–Crippen MR) is 92.5 cm³/mol. The molecule has 128 valence electrons. The lowest BCUT2D eigenvalue weighted by molar-refractivity contribution is -0.132. The average Bonchev–Trinajstić information content (AvgIpc) is 2.50. The van der Waals surface area contributed by atoms with Crippen LogP contribution in [0.5, 0.6) is 0 Å². The molecule has 0 N–H and O–H groups in total. The Hall–Kier alpha value is -1.11. The van der Waals surface area contributed by atoms with Gasteiger partial charge in [0, 0.05) is 50.4 Å². The van der Waals surface area contributed by atoms with Crippen molar-refractivity contribution in [3.63, 3.8) is 0 Å². The molecule has 0 aromatic heterocycles. The van der Waals surface area contributed by atoms with E-state index in [2.05, 4.69) is 11.0 Å². The quantitative estimate of drug-likeness (QED) is 0.772. The fourth-order valence-corrected chi connectivity index (χ4v) is 3.39. The lowest BCUT2D eigenvalue weighted by Gasteiger charge is -2.34. The SMILES string of the molecule is CS(=O)(=O)CCC(=O)N1CCN(CCc2cccc(Cl)c2)CC1. The predicted octanol–water partition coefficient (Wildman–Crippen LogP) is 1.46. The highest BCUT2D eigenvalue weighted by Gasteiger charge is 2.21. The molecule has 0 aliphatic carbocycles. The molecular formula is C16H23ClN2O3S. The minimum atomic E-state index is -3.08. The highest BCUT2D eigenvalue weighted by Crippen LogP contribution is 2.12. The van der Waals surface area contributed by atoms with Crippen molar-refractivity contribution in [1.29, 1.82) is 0 Å². The average molecular weight is 359 g/mol. The second-order valence-corrected chi connectivity index (χ2v) is 8.68. The second kappa shape index (κ2) is 8.13. The molecule has 0 bridgehead atoms. The van der Waals surface area contributed by atoms with Gasteiger partial charge in [-0.2, -0.15) is 0 Å². The first-order valence-electron chi connectivity index (χ1n) is 7.76. The summed E-state index contributed by atoms with van der Waals surface area (Å²) < 4.78 is 22.3. The van der Waals surface area contributed by atoms with E-state index in [-0.39, 0.29) is 18.1 Å². The van der Waals surface area contributed by atoms with Crippen molar-refractivity contribution in [2.75, 3.05) is 44.7 Å². The van der Waals surface area contributed by atoms with Gasteiger partial charge in [-0.1, -0.05) is 23.7 Å². The third kappa shape index (κ3) is 6.49. The lowest BCUT2D eigenvalue weighted by Crippen LogP contribution is -2.49. The molecule has 1 heterocycles. The van der Waals surface area contributed by atoms with Crippen LogP contribution in [0.3, 0.4) is 0 Å². The molecule has 0 radical (unpaired) electrons. The fourth-order valence-electron chi connectivity index (χ4n) is 2.63. The van der Waals surface area contributed by atoms with Crippen molar-refractivity contribution < 1.29 is 13.2 Å². The zero-order valence-corrected chi connectivity index (χ0v) is 14.9. The van der Waals surface area contributed by atoms with Crippen molar-refractivity contribution >= 4 is 27.3 Å².